The molecule has 1 amide bonds. The molecule has 18 heavy (non-hydrogen) atoms. The third kappa shape index (κ3) is 4.94. The van der Waals surface area contributed by atoms with Gasteiger partial charge in [-0.2, -0.15) is 0 Å². The number of carbonyl (C=O) groups excluding carboxylic acids is 1. The number of hydrogen-bond donors (Lipinski definition) is 1. The number of hydrogen-bond acceptors (Lipinski definition) is 3. The molecule has 1 rings (SSSR count). The molecule has 0 aliphatic carbocycles. The number of morpholine rings is 1. The summed E-state index contributed by atoms with van der Waals surface area (Å²) in [5, 5.41) is 3.41. The number of rotatable bonds is 6. The number of nitrogens with zero attached hydrogens (tertiary/aromatic N) is 1. The molecule has 1 fully saturated rings. The smallest absolute Gasteiger partial charge is 0.239 e. The van der Waals surface area contributed by atoms with Crippen LogP contribution < -0.4 is 5.32 Å². The lowest BCUT2D eigenvalue weighted by Crippen LogP contribution is -2.51. The minimum Gasteiger partial charge on any atom is -0.378 e. The molecule has 1 N–H and O–H groups in total. The second-order valence-electron chi connectivity index (χ2n) is 5.48. The van der Waals surface area contributed by atoms with Crippen LogP contribution in [0.2, 0.25) is 0 Å². The Bertz CT molecular complexity index is 252. The highest BCUT2D eigenvalue weighted by Gasteiger charge is 2.23. The standard InChI is InChI=1S/C14H28N2O2/c1-5-11(2)10-12(3)15-13(4)14(17)16-6-8-18-9-7-16/h11-13,15H,5-10H2,1-4H3. The summed E-state index contributed by atoms with van der Waals surface area (Å²) in [6.45, 7) is 11.4. The van der Waals surface area contributed by atoms with E-state index in [9.17, 15) is 4.79 Å². The summed E-state index contributed by atoms with van der Waals surface area (Å²) in [6.07, 6.45) is 2.31. The number of carbonyl (C=O) groups is 1. The van der Waals surface area contributed by atoms with Crippen LogP contribution in [-0.2, 0) is 9.53 Å². The molecule has 106 valence electrons. The quantitative estimate of drug-likeness (QED) is 0.785. The van der Waals surface area contributed by atoms with Crippen LogP contribution in [0.1, 0.15) is 40.5 Å². The highest BCUT2D eigenvalue weighted by atomic mass is 16.5. The number of amides is 1. The first kappa shape index (κ1) is 15.4. The molecule has 3 atom stereocenters. The molecule has 0 aromatic rings. The van der Waals surface area contributed by atoms with Gasteiger partial charge in [0, 0.05) is 19.1 Å². The lowest BCUT2D eigenvalue weighted by molar-refractivity contribution is -0.137. The molecule has 4 heteroatoms. The van der Waals surface area contributed by atoms with Crippen LogP contribution in [0, 0.1) is 5.92 Å². The lowest BCUT2D eigenvalue weighted by atomic mass is 10.00. The number of ether oxygens (including phenoxy) is 1. The third-order valence-electron chi connectivity index (χ3n) is 3.68. The Morgan fingerprint density at radius 1 is 1.28 bits per heavy atom. The van der Waals surface area contributed by atoms with Crippen molar-refractivity contribution in [1.29, 1.82) is 0 Å². The van der Waals surface area contributed by atoms with Crippen molar-refractivity contribution < 1.29 is 9.53 Å². The minimum atomic E-state index is -0.0952. The average Bonchev–Trinajstić information content (AvgIpc) is 2.38. The number of nitrogens with one attached hydrogen (secondary N) is 1. The fourth-order valence-corrected chi connectivity index (χ4v) is 2.39. The zero-order valence-electron chi connectivity index (χ0n) is 12.2. The van der Waals surface area contributed by atoms with Gasteiger partial charge in [-0.05, 0) is 26.2 Å². The Morgan fingerprint density at radius 2 is 1.89 bits per heavy atom. The van der Waals surface area contributed by atoms with Crippen LogP contribution in [0.3, 0.4) is 0 Å². The monoisotopic (exact) mass is 256 g/mol. The van der Waals surface area contributed by atoms with Gasteiger partial charge >= 0.3 is 0 Å². The summed E-state index contributed by atoms with van der Waals surface area (Å²) in [6, 6.07) is 0.294. The fraction of sp³-hybridized carbons (Fsp3) is 0.929. The van der Waals surface area contributed by atoms with E-state index < -0.39 is 0 Å². The maximum Gasteiger partial charge on any atom is 0.239 e. The summed E-state index contributed by atoms with van der Waals surface area (Å²) in [5.74, 6) is 0.910. The molecule has 0 aromatic carbocycles. The topological polar surface area (TPSA) is 41.6 Å². The summed E-state index contributed by atoms with van der Waals surface area (Å²) >= 11 is 0. The van der Waals surface area contributed by atoms with Crippen LogP contribution in [0.25, 0.3) is 0 Å². The van der Waals surface area contributed by atoms with Crippen LogP contribution >= 0.6 is 0 Å². The van der Waals surface area contributed by atoms with Crippen molar-refractivity contribution in [1.82, 2.24) is 10.2 Å². The van der Waals surface area contributed by atoms with E-state index in [-0.39, 0.29) is 11.9 Å². The Balaban J connectivity index is 2.34. The van der Waals surface area contributed by atoms with E-state index in [1.807, 2.05) is 11.8 Å². The molecule has 4 nitrogen and oxygen atoms in total. The van der Waals surface area contributed by atoms with E-state index >= 15 is 0 Å². The van der Waals surface area contributed by atoms with E-state index in [4.69, 9.17) is 4.74 Å². The normalized spacial score (nSPS) is 21.4. The van der Waals surface area contributed by atoms with E-state index in [0.29, 0.717) is 25.2 Å². The van der Waals surface area contributed by atoms with Gasteiger partial charge in [0.2, 0.25) is 5.91 Å². The minimum absolute atomic E-state index is 0.0952. The van der Waals surface area contributed by atoms with Gasteiger partial charge in [-0.3, -0.25) is 4.79 Å². The van der Waals surface area contributed by atoms with Crippen LogP contribution in [0.4, 0.5) is 0 Å². The summed E-state index contributed by atoms with van der Waals surface area (Å²) < 4.78 is 5.26. The molecular formula is C14H28N2O2. The molecule has 0 spiro atoms. The maximum atomic E-state index is 12.2. The Morgan fingerprint density at radius 3 is 2.44 bits per heavy atom. The van der Waals surface area contributed by atoms with Gasteiger partial charge in [0.15, 0.2) is 0 Å². The third-order valence-corrected chi connectivity index (χ3v) is 3.68. The zero-order chi connectivity index (χ0) is 13.5. The van der Waals surface area contributed by atoms with Gasteiger partial charge < -0.3 is 15.0 Å². The molecule has 3 unspecified atom stereocenters. The van der Waals surface area contributed by atoms with Crippen molar-refractivity contribution in [2.24, 2.45) is 5.92 Å². The van der Waals surface area contributed by atoms with Crippen LogP contribution in [0.5, 0.6) is 0 Å². The van der Waals surface area contributed by atoms with E-state index in [0.717, 1.165) is 19.5 Å². The molecule has 1 saturated heterocycles. The van der Waals surface area contributed by atoms with Crippen molar-refractivity contribution >= 4 is 5.91 Å². The van der Waals surface area contributed by atoms with Gasteiger partial charge in [-0.25, -0.2) is 0 Å². The van der Waals surface area contributed by atoms with Gasteiger partial charge in [-0.1, -0.05) is 20.3 Å². The summed E-state index contributed by atoms with van der Waals surface area (Å²) in [5.41, 5.74) is 0. The van der Waals surface area contributed by atoms with Crippen LogP contribution in [0.15, 0.2) is 0 Å². The Labute approximate surface area is 111 Å². The largest absolute Gasteiger partial charge is 0.378 e. The zero-order valence-corrected chi connectivity index (χ0v) is 12.2. The highest BCUT2D eigenvalue weighted by Crippen LogP contribution is 2.10. The van der Waals surface area contributed by atoms with E-state index in [2.05, 4.69) is 26.1 Å². The Hall–Kier alpha value is -0.610. The predicted molar refractivity (Wildman–Crippen MR) is 73.5 cm³/mol. The van der Waals surface area contributed by atoms with Crippen LogP contribution in [-0.4, -0.2) is 49.2 Å². The van der Waals surface area contributed by atoms with Crippen molar-refractivity contribution in [3.8, 4) is 0 Å². The molecule has 1 heterocycles. The fourth-order valence-electron chi connectivity index (χ4n) is 2.39. The van der Waals surface area contributed by atoms with E-state index in [1.165, 1.54) is 6.42 Å². The van der Waals surface area contributed by atoms with Crippen molar-refractivity contribution in [3.05, 3.63) is 0 Å². The molecular weight excluding hydrogens is 228 g/mol. The highest BCUT2D eigenvalue weighted by molar-refractivity contribution is 5.81. The molecule has 1 aliphatic heterocycles. The summed E-state index contributed by atoms with van der Waals surface area (Å²) in [4.78, 5) is 14.1. The average molecular weight is 256 g/mol. The first-order valence-electron chi connectivity index (χ1n) is 7.17. The second-order valence-corrected chi connectivity index (χ2v) is 5.48. The van der Waals surface area contributed by atoms with Crippen molar-refractivity contribution in [2.75, 3.05) is 26.3 Å². The van der Waals surface area contributed by atoms with E-state index in [1.54, 1.807) is 0 Å². The van der Waals surface area contributed by atoms with Gasteiger partial charge in [0.25, 0.3) is 0 Å². The molecule has 0 radical (unpaired) electrons. The Kier molecular flexibility index (Phi) is 6.65. The molecule has 1 aliphatic rings. The molecule has 0 saturated carbocycles. The van der Waals surface area contributed by atoms with Gasteiger partial charge in [0.1, 0.15) is 0 Å². The van der Waals surface area contributed by atoms with Gasteiger partial charge in [0.05, 0.1) is 19.3 Å². The second kappa shape index (κ2) is 7.74. The first-order valence-corrected chi connectivity index (χ1v) is 7.17. The molecule has 0 bridgehead atoms. The summed E-state index contributed by atoms with van der Waals surface area (Å²) in [7, 11) is 0. The maximum absolute atomic E-state index is 12.2. The lowest BCUT2D eigenvalue weighted by Gasteiger charge is -2.31. The van der Waals surface area contributed by atoms with Crippen molar-refractivity contribution in [3.63, 3.8) is 0 Å². The predicted octanol–water partition coefficient (Wildman–Crippen LogP) is 1.65. The van der Waals surface area contributed by atoms with Gasteiger partial charge in [-0.15, -0.1) is 0 Å². The van der Waals surface area contributed by atoms with Crippen molar-refractivity contribution in [2.45, 2.75) is 52.6 Å². The molecule has 0 aromatic heterocycles. The SMILES string of the molecule is CCC(C)CC(C)NC(C)C(=O)N1CCOCC1. The first-order chi connectivity index (χ1) is 8.54.